The largest absolute Gasteiger partial charge is 0.384 e. The molecule has 1 rings (SSSR count). The summed E-state index contributed by atoms with van der Waals surface area (Å²) in [5.74, 6) is 5.57. The minimum Gasteiger partial charge on any atom is -0.384 e. The van der Waals surface area contributed by atoms with E-state index >= 15 is 0 Å². The molecule has 0 atom stereocenters. The summed E-state index contributed by atoms with van der Waals surface area (Å²) in [4.78, 5) is 0. The van der Waals surface area contributed by atoms with Gasteiger partial charge in [-0.15, -0.1) is 0 Å². The number of hydrogen-bond donors (Lipinski definition) is 2. The highest BCUT2D eigenvalue weighted by molar-refractivity contribution is 7.92. The molecule has 0 aliphatic carbocycles. The molecule has 20 heavy (non-hydrogen) atoms. The average Bonchev–Trinajstić information content (AvgIpc) is 2.35. The van der Waals surface area contributed by atoms with Crippen molar-refractivity contribution < 1.29 is 13.5 Å². The minimum absolute atomic E-state index is 0.0762. The average molecular weight is 295 g/mol. The summed E-state index contributed by atoms with van der Waals surface area (Å²) in [6.45, 7) is 5.50. The Morgan fingerprint density at radius 3 is 2.60 bits per heavy atom. The maximum Gasteiger partial charge on any atom is 0.232 e. The molecule has 0 heterocycles. The molecule has 1 aromatic carbocycles. The highest BCUT2D eigenvalue weighted by Crippen LogP contribution is 2.20. The second-order valence-corrected chi connectivity index (χ2v) is 6.73. The Hall–Kier alpha value is -1.51. The van der Waals surface area contributed by atoms with Gasteiger partial charge in [-0.2, -0.15) is 0 Å². The van der Waals surface area contributed by atoms with Crippen LogP contribution in [0.4, 0.5) is 5.69 Å². The first-order valence-corrected chi connectivity index (χ1v) is 8.26. The molecule has 0 aliphatic rings. The van der Waals surface area contributed by atoms with Crippen molar-refractivity contribution in [3.8, 4) is 11.8 Å². The summed E-state index contributed by atoms with van der Waals surface area (Å²) >= 11 is 0. The number of aryl methyl sites for hydroxylation is 1. The summed E-state index contributed by atoms with van der Waals surface area (Å²) in [6.07, 6.45) is 0.703. The molecule has 0 amide bonds. The van der Waals surface area contributed by atoms with Crippen LogP contribution < -0.4 is 4.72 Å². The lowest BCUT2D eigenvalue weighted by Gasteiger charge is -2.13. The molecular weight excluding hydrogens is 274 g/mol. The van der Waals surface area contributed by atoms with E-state index in [0.29, 0.717) is 12.1 Å². The molecule has 2 N–H and O–H groups in total. The second kappa shape index (κ2) is 7.32. The van der Waals surface area contributed by atoms with Gasteiger partial charge >= 0.3 is 0 Å². The van der Waals surface area contributed by atoms with Crippen LogP contribution in [-0.2, 0) is 16.4 Å². The number of anilines is 1. The first kappa shape index (κ1) is 16.5. The lowest BCUT2D eigenvalue weighted by Crippen LogP contribution is -2.20. The van der Waals surface area contributed by atoms with Crippen LogP contribution in [0.5, 0.6) is 0 Å². The Labute approximate surface area is 121 Å². The van der Waals surface area contributed by atoms with Gasteiger partial charge in [-0.3, -0.25) is 4.72 Å². The van der Waals surface area contributed by atoms with Crippen molar-refractivity contribution >= 4 is 15.7 Å². The lowest BCUT2D eigenvalue weighted by molar-refractivity contribution is 0.350. The van der Waals surface area contributed by atoms with Gasteiger partial charge in [0, 0.05) is 5.56 Å². The summed E-state index contributed by atoms with van der Waals surface area (Å²) < 4.78 is 26.6. The molecule has 0 radical (unpaired) electrons. The van der Waals surface area contributed by atoms with Crippen molar-refractivity contribution in [1.82, 2.24) is 0 Å². The van der Waals surface area contributed by atoms with E-state index in [1.165, 1.54) is 0 Å². The highest BCUT2D eigenvalue weighted by atomic mass is 32.2. The molecule has 110 valence electrons. The SMILES string of the molecule is CCc1cc(C#CCO)ccc1NS(=O)(=O)CC(C)C. The molecule has 0 bridgehead atoms. The number of benzene rings is 1. The first-order valence-electron chi connectivity index (χ1n) is 6.61. The Morgan fingerprint density at radius 2 is 2.05 bits per heavy atom. The van der Waals surface area contributed by atoms with E-state index in [9.17, 15) is 8.42 Å². The van der Waals surface area contributed by atoms with Crippen molar-refractivity contribution in [3.05, 3.63) is 29.3 Å². The number of aliphatic hydroxyl groups is 1. The van der Waals surface area contributed by atoms with Gasteiger partial charge in [-0.05, 0) is 36.1 Å². The van der Waals surface area contributed by atoms with E-state index < -0.39 is 10.0 Å². The zero-order valence-corrected chi connectivity index (χ0v) is 12.9. The minimum atomic E-state index is -3.32. The molecule has 0 spiro atoms. The Morgan fingerprint density at radius 1 is 1.35 bits per heavy atom. The standard InChI is InChI=1S/C15H21NO3S/c1-4-14-10-13(6-5-9-17)7-8-15(14)16-20(18,19)11-12(2)3/h7-8,10,12,16-17H,4,9,11H2,1-3H3. The van der Waals surface area contributed by atoms with Crippen molar-refractivity contribution in [1.29, 1.82) is 0 Å². The molecule has 0 saturated heterocycles. The molecule has 0 unspecified atom stereocenters. The first-order chi connectivity index (χ1) is 9.38. The predicted molar refractivity (Wildman–Crippen MR) is 82.0 cm³/mol. The van der Waals surface area contributed by atoms with Crippen LogP contribution in [0.25, 0.3) is 0 Å². The van der Waals surface area contributed by atoms with Gasteiger partial charge in [0.1, 0.15) is 6.61 Å². The normalized spacial score (nSPS) is 11.1. The van der Waals surface area contributed by atoms with Gasteiger partial charge in [0.05, 0.1) is 11.4 Å². The maximum absolute atomic E-state index is 12.0. The summed E-state index contributed by atoms with van der Waals surface area (Å²) in [5, 5.41) is 8.68. The van der Waals surface area contributed by atoms with Crippen LogP contribution in [0.1, 0.15) is 31.9 Å². The third kappa shape index (κ3) is 5.24. The second-order valence-electron chi connectivity index (χ2n) is 4.96. The molecule has 4 nitrogen and oxygen atoms in total. The van der Waals surface area contributed by atoms with Crippen LogP contribution in [0.15, 0.2) is 18.2 Å². The zero-order valence-electron chi connectivity index (χ0n) is 12.1. The van der Waals surface area contributed by atoms with Crippen LogP contribution in [0.2, 0.25) is 0 Å². The molecule has 0 aliphatic heterocycles. The molecule has 0 aromatic heterocycles. The van der Waals surface area contributed by atoms with E-state index in [1.807, 2.05) is 26.8 Å². The van der Waals surface area contributed by atoms with Crippen molar-refractivity contribution in [2.75, 3.05) is 17.1 Å². The Bertz CT molecular complexity index is 610. The predicted octanol–water partition coefficient (Wildman–Crippen LogP) is 1.99. The van der Waals surface area contributed by atoms with E-state index in [1.54, 1.807) is 12.1 Å². The van der Waals surface area contributed by atoms with Gasteiger partial charge in [0.2, 0.25) is 10.0 Å². The number of aliphatic hydroxyl groups excluding tert-OH is 1. The molecule has 0 fully saturated rings. The third-order valence-electron chi connectivity index (χ3n) is 2.62. The molecule has 5 heteroatoms. The number of nitrogens with one attached hydrogen (secondary N) is 1. The third-order valence-corrected chi connectivity index (χ3v) is 4.25. The van der Waals surface area contributed by atoms with Crippen LogP contribution >= 0.6 is 0 Å². The van der Waals surface area contributed by atoms with Gasteiger partial charge in [-0.1, -0.05) is 32.6 Å². The lowest BCUT2D eigenvalue weighted by atomic mass is 10.1. The number of rotatable bonds is 5. The van der Waals surface area contributed by atoms with E-state index in [4.69, 9.17) is 5.11 Å². The molecular formula is C15H21NO3S. The van der Waals surface area contributed by atoms with Gasteiger partial charge in [0.25, 0.3) is 0 Å². The maximum atomic E-state index is 12.0. The molecule has 1 aromatic rings. The smallest absolute Gasteiger partial charge is 0.232 e. The van der Waals surface area contributed by atoms with Crippen LogP contribution in [-0.4, -0.2) is 25.9 Å². The quantitative estimate of drug-likeness (QED) is 0.816. The Kier molecular flexibility index (Phi) is 6.05. The number of hydrogen-bond acceptors (Lipinski definition) is 3. The van der Waals surface area contributed by atoms with Gasteiger partial charge in [-0.25, -0.2) is 8.42 Å². The van der Waals surface area contributed by atoms with Gasteiger partial charge < -0.3 is 5.11 Å². The summed E-state index contributed by atoms with van der Waals surface area (Å²) in [5.41, 5.74) is 2.26. The van der Waals surface area contributed by atoms with E-state index in [2.05, 4.69) is 16.6 Å². The van der Waals surface area contributed by atoms with E-state index in [0.717, 1.165) is 11.1 Å². The van der Waals surface area contributed by atoms with E-state index in [-0.39, 0.29) is 18.3 Å². The highest BCUT2D eigenvalue weighted by Gasteiger charge is 2.14. The summed E-state index contributed by atoms with van der Waals surface area (Å²) in [7, 11) is -3.32. The summed E-state index contributed by atoms with van der Waals surface area (Å²) in [6, 6.07) is 5.31. The van der Waals surface area contributed by atoms with Crippen molar-refractivity contribution in [3.63, 3.8) is 0 Å². The fourth-order valence-electron chi connectivity index (χ4n) is 1.85. The fourth-order valence-corrected chi connectivity index (χ4v) is 3.35. The molecule has 0 saturated carbocycles. The zero-order chi connectivity index (χ0) is 15.2. The van der Waals surface area contributed by atoms with Crippen LogP contribution in [0, 0.1) is 17.8 Å². The monoisotopic (exact) mass is 295 g/mol. The van der Waals surface area contributed by atoms with Crippen molar-refractivity contribution in [2.24, 2.45) is 5.92 Å². The van der Waals surface area contributed by atoms with Gasteiger partial charge in [0.15, 0.2) is 0 Å². The van der Waals surface area contributed by atoms with Crippen LogP contribution in [0.3, 0.4) is 0 Å². The fraction of sp³-hybridized carbons (Fsp3) is 0.467. The van der Waals surface area contributed by atoms with Crippen molar-refractivity contribution in [2.45, 2.75) is 27.2 Å². The number of sulfonamides is 1. The topological polar surface area (TPSA) is 66.4 Å². The Balaban J connectivity index is 3.02.